The van der Waals surface area contributed by atoms with Crippen LogP contribution < -0.4 is 11.3 Å². The van der Waals surface area contributed by atoms with Gasteiger partial charge in [-0.1, -0.05) is 12.2 Å². The van der Waals surface area contributed by atoms with Crippen molar-refractivity contribution < 1.29 is 0 Å². The lowest BCUT2D eigenvalue weighted by Crippen LogP contribution is -2.04. The van der Waals surface area contributed by atoms with Crippen molar-refractivity contribution in [1.82, 2.24) is 4.98 Å². The minimum Gasteiger partial charge on any atom is -0.330 e. The normalized spacial score (nSPS) is 10.9. The molecule has 1 aromatic heterocycles. The maximum atomic E-state index is 10.9. The van der Waals surface area contributed by atoms with Gasteiger partial charge in [0.05, 0.1) is 0 Å². The van der Waals surface area contributed by atoms with Crippen molar-refractivity contribution in [3.63, 3.8) is 0 Å². The standard InChI is InChI=1S/C10H14N2O/c1-8-6-10(13)12-7-9(8)4-2-3-5-11/h2,4,6-7H,3,5,11H2,1H3,(H,12,13). The monoisotopic (exact) mass is 178 g/mol. The SMILES string of the molecule is Cc1cc(=O)[nH]cc1C=CCCN. The molecule has 0 aliphatic heterocycles. The summed E-state index contributed by atoms with van der Waals surface area (Å²) in [6, 6.07) is 1.59. The Morgan fingerprint density at radius 3 is 3.00 bits per heavy atom. The molecule has 0 radical (unpaired) electrons. The molecule has 0 atom stereocenters. The molecule has 70 valence electrons. The van der Waals surface area contributed by atoms with Crippen LogP contribution in [0.4, 0.5) is 0 Å². The van der Waals surface area contributed by atoms with Crippen LogP contribution in [0.1, 0.15) is 17.5 Å². The second-order valence-electron chi connectivity index (χ2n) is 2.92. The summed E-state index contributed by atoms with van der Waals surface area (Å²) in [6.07, 6.45) is 6.54. The van der Waals surface area contributed by atoms with Crippen LogP contribution in [-0.4, -0.2) is 11.5 Å². The zero-order valence-electron chi connectivity index (χ0n) is 7.71. The van der Waals surface area contributed by atoms with E-state index in [0.29, 0.717) is 6.54 Å². The smallest absolute Gasteiger partial charge is 0.248 e. The molecule has 1 heterocycles. The van der Waals surface area contributed by atoms with E-state index in [4.69, 9.17) is 5.73 Å². The van der Waals surface area contributed by atoms with Gasteiger partial charge in [-0.25, -0.2) is 0 Å². The summed E-state index contributed by atoms with van der Waals surface area (Å²) in [5.74, 6) is 0. The second-order valence-corrected chi connectivity index (χ2v) is 2.92. The number of hydrogen-bond donors (Lipinski definition) is 2. The van der Waals surface area contributed by atoms with Gasteiger partial charge in [0.15, 0.2) is 0 Å². The van der Waals surface area contributed by atoms with E-state index in [-0.39, 0.29) is 5.56 Å². The van der Waals surface area contributed by atoms with E-state index in [9.17, 15) is 4.79 Å². The summed E-state index contributed by atoms with van der Waals surface area (Å²) in [6.45, 7) is 2.57. The van der Waals surface area contributed by atoms with Crippen molar-refractivity contribution in [2.75, 3.05) is 6.54 Å². The van der Waals surface area contributed by atoms with E-state index >= 15 is 0 Å². The number of aryl methyl sites for hydroxylation is 1. The summed E-state index contributed by atoms with van der Waals surface area (Å²) in [4.78, 5) is 13.5. The highest BCUT2D eigenvalue weighted by Crippen LogP contribution is 2.05. The molecule has 0 saturated carbocycles. The number of H-pyrrole nitrogens is 1. The quantitative estimate of drug-likeness (QED) is 0.726. The number of nitrogens with one attached hydrogen (secondary N) is 1. The third-order valence-electron chi connectivity index (χ3n) is 1.80. The van der Waals surface area contributed by atoms with Gasteiger partial charge in [0.1, 0.15) is 0 Å². The minimum absolute atomic E-state index is 0.0616. The molecule has 13 heavy (non-hydrogen) atoms. The van der Waals surface area contributed by atoms with Crippen LogP contribution in [0.25, 0.3) is 6.08 Å². The highest BCUT2D eigenvalue weighted by molar-refractivity contribution is 5.51. The van der Waals surface area contributed by atoms with Gasteiger partial charge >= 0.3 is 0 Å². The summed E-state index contributed by atoms with van der Waals surface area (Å²) in [7, 11) is 0. The third-order valence-corrected chi connectivity index (χ3v) is 1.80. The van der Waals surface area contributed by atoms with Crippen LogP contribution in [0.2, 0.25) is 0 Å². The number of aromatic nitrogens is 1. The molecular weight excluding hydrogens is 164 g/mol. The average molecular weight is 178 g/mol. The molecule has 0 unspecified atom stereocenters. The highest BCUT2D eigenvalue weighted by Gasteiger charge is 1.93. The van der Waals surface area contributed by atoms with Crippen LogP contribution in [0.5, 0.6) is 0 Å². The van der Waals surface area contributed by atoms with Crippen molar-refractivity contribution in [1.29, 1.82) is 0 Å². The van der Waals surface area contributed by atoms with Crippen molar-refractivity contribution in [3.8, 4) is 0 Å². The second kappa shape index (κ2) is 4.62. The Morgan fingerprint density at radius 2 is 2.38 bits per heavy atom. The molecule has 3 nitrogen and oxygen atoms in total. The predicted octanol–water partition coefficient (Wildman–Crippen LogP) is 1.05. The number of hydrogen-bond acceptors (Lipinski definition) is 2. The zero-order chi connectivity index (χ0) is 9.68. The Kier molecular flexibility index (Phi) is 3.46. The van der Waals surface area contributed by atoms with Gasteiger partial charge in [0.25, 0.3) is 0 Å². The van der Waals surface area contributed by atoms with Crippen LogP contribution in [-0.2, 0) is 0 Å². The van der Waals surface area contributed by atoms with E-state index in [1.165, 1.54) is 0 Å². The largest absolute Gasteiger partial charge is 0.330 e. The Labute approximate surface area is 77.3 Å². The van der Waals surface area contributed by atoms with Gasteiger partial charge in [-0.2, -0.15) is 0 Å². The fourth-order valence-electron chi connectivity index (χ4n) is 1.07. The van der Waals surface area contributed by atoms with Crippen molar-refractivity contribution in [2.24, 2.45) is 5.73 Å². The van der Waals surface area contributed by atoms with Gasteiger partial charge in [-0.3, -0.25) is 4.79 Å². The van der Waals surface area contributed by atoms with E-state index < -0.39 is 0 Å². The minimum atomic E-state index is -0.0616. The van der Waals surface area contributed by atoms with Crippen LogP contribution >= 0.6 is 0 Å². The molecule has 0 aliphatic carbocycles. The van der Waals surface area contributed by atoms with E-state index in [1.54, 1.807) is 12.3 Å². The molecule has 1 rings (SSSR count). The van der Waals surface area contributed by atoms with Crippen LogP contribution in [0.15, 0.2) is 23.1 Å². The molecule has 0 bridgehead atoms. The Balaban J connectivity index is 2.83. The molecule has 0 spiro atoms. The Morgan fingerprint density at radius 1 is 1.62 bits per heavy atom. The number of pyridine rings is 1. The fourth-order valence-corrected chi connectivity index (χ4v) is 1.07. The maximum Gasteiger partial charge on any atom is 0.248 e. The van der Waals surface area contributed by atoms with Gasteiger partial charge in [0, 0.05) is 12.3 Å². The molecule has 3 heteroatoms. The fraction of sp³-hybridized carbons (Fsp3) is 0.300. The topological polar surface area (TPSA) is 58.9 Å². The molecule has 0 amide bonds. The van der Waals surface area contributed by atoms with Gasteiger partial charge in [-0.05, 0) is 31.0 Å². The van der Waals surface area contributed by atoms with E-state index in [2.05, 4.69) is 4.98 Å². The van der Waals surface area contributed by atoms with Crippen molar-refractivity contribution in [2.45, 2.75) is 13.3 Å². The first-order valence-corrected chi connectivity index (χ1v) is 4.30. The number of nitrogens with two attached hydrogens (primary N) is 1. The van der Waals surface area contributed by atoms with E-state index in [0.717, 1.165) is 17.5 Å². The lowest BCUT2D eigenvalue weighted by molar-refractivity contribution is 1.01. The lowest BCUT2D eigenvalue weighted by atomic mass is 10.1. The van der Waals surface area contributed by atoms with Crippen molar-refractivity contribution in [3.05, 3.63) is 39.8 Å². The maximum absolute atomic E-state index is 10.9. The van der Waals surface area contributed by atoms with Crippen molar-refractivity contribution >= 4 is 6.08 Å². The first-order valence-electron chi connectivity index (χ1n) is 4.30. The lowest BCUT2D eigenvalue weighted by Gasteiger charge is -1.97. The first-order chi connectivity index (χ1) is 6.24. The molecule has 0 aliphatic rings. The Bertz CT molecular complexity index is 352. The highest BCUT2D eigenvalue weighted by atomic mass is 16.1. The first kappa shape index (κ1) is 9.74. The molecule has 0 fully saturated rings. The summed E-state index contributed by atoms with van der Waals surface area (Å²) >= 11 is 0. The Hall–Kier alpha value is -1.35. The van der Waals surface area contributed by atoms with Gasteiger partial charge in [0.2, 0.25) is 5.56 Å². The zero-order valence-corrected chi connectivity index (χ0v) is 7.71. The molecule has 3 N–H and O–H groups in total. The summed E-state index contributed by atoms with van der Waals surface area (Å²) in [5.41, 5.74) is 7.30. The number of rotatable bonds is 3. The van der Waals surface area contributed by atoms with Gasteiger partial charge in [-0.15, -0.1) is 0 Å². The predicted molar refractivity (Wildman–Crippen MR) is 54.5 cm³/mol. The average Bonchev–Trinajstić information content (AvgIpc) is 2.09. The summed E-state index contributed by atoms with van der Waals surface area (Å²) < 4.78 is 0. The van der Waals surface area contributed by atoms with Crippen LogP contribution in [0.3, 0.4) is 0 Å². The third kappa shape index (κ3) is 2.87. The molecule has 0 saturated heterocycles. The molecule has 0 aromatic carbocycles. The molecule has 1 aromatic rings. The van der Waals surface area contributed by atoms with Crippen LogP contribution in [0, 0.1) is 6.92 Å². The summed E-state index contributed by atoms with van der Waals surface area (Å²) in [5, 5.41) is 0. The number of aromatic amines is 1. The molecular formula is C10H14N2O. The van der Waals surface area contributed by atoms with E-state index in [1.807, 2.05) is 19.1 Å². The van der Waals surface area contributed by atoms with Gasteiger partial charge < -0.3 is 10.7 Å².